The fourth-order valence-electron chi connectivity index (χ4n) is 3.93. The van der Waals surface area contributed by atoms with Gasteiger partial charge in [-0.15, -0.1) is 0 Å². The molecule has 4 N–H and O–H groups in total. The Hall–Kier alpha value is -4.56. The number of ether oxygens (including phenoxy) is 3. The largest absolute Gasteiger partial charge is 0.479 e. The zero-order chi connectivity index (χ0) is 31.7. The predicted molar refractivity (Wildman–Crippen MR) is 150 cm³/mol. The summed E-state index contributed by atoms with van der Waals surface area (Å²) in [5, 5.41) is 24.5. The lowest BCUT2D eigenvalue weighted by Gasteiger charge is -2.31. The minimum Gasteiger partial charge on any atom is -0.479 e. The van der Waals surface area contributed by atoms with Crippen molar-refractivity contribution in [2.45, 2.75) is 58.5 Å². The van der Waals surface area contributed by atoms with Crippen molar-refractivity contribution in [3.8, 4) is 5.75 Å². The Morgan fingerprint density at radius 1 is 1.09 bits per heavy atom. The van der Waals surface area contributed by atoms with Crippen molar-refractivity contribution in [1.29, 1.82) is 0 Å². The monoisotopic (exact) mass is 601 g/mol. The number of amides is 4. The number of hydrogen-bond acceptors (Lipinski definition) is 10. The number of anilines is 1. The Bertz CT molecular complexity index is 1300. The molecule has 0 radical (unpaired) electrons. The maximum atomic E-state index is 12.7. The first-order chi connectivity index (χ1) is 20.2. The van der Waals surface area contributed by atoms with Crippen LogP contribution in [0.4, 0.5) is 5.69 Å². The summed E-state index contributed by atoms with van der Waals surface area (Å²) in [6.45, 7) is 4.65. The maximum absolute atomic E-state index is 12.7. The average molecular weight is 602 g/mol. The molecule has 3 unspecified atom stereocenters. The number of hydrogen-bond donors (Lipinski definition) is 4. The lowest BCUT2D eigenvalue weighted by molar-refractivity contribution is -0.195. The smallest absolute Gasteiger partial charge is 0.333 e. The summed E-state index contributed by atoms with van der Waals surface area (Å²) in [7, 11) is 0. The first kappa shape index (κ1) is 32.9. The topological polar surface area (TPSA) is 198 Å². The third-order valence-electron chi connectivity index (χ3n) is 6.19. The van der Waals surface area contributed by atoms with E-state index in [9.17, 15) is 39.0 Å². The molecule has 4 amide bonds. The zero-order valence-corrected chi connectivity index (χ0v) is 24.0. The van der Waals surface area contributed by atoms with E-state index < -0.39 is 60.1 Å². The summed E-state index contributed by atoms with van der Waals surface area (Å²) in [5.74, 6) is -3.83. The van der Waals surface area contributed by atoms with Gasteiger partial charge < -0.3 is 35.1 Å². The molecule has 0 saturated carbocycles. The van der Waals surface area contributed by atoms with Gasteiger partial charge in [0.15, 0.2) is 6.10 Å². The van der Waals surface area contributed by atoms with E-state index in [1.54, 1.807) is 45.1 Å². The number of esters is 1. The van der Waals surface area contributed by atoms with Gasteiger partial charge in [0.1, 0.15) is 18.9 Å². The highest BCUT2D eigenvalue weighted by Gasteiger charge is 2.34. The molecule has 1 saturated heterocycles. The van der Waals surface area contributed by atoms with Crippen molar-refractivity contribution in [2.24, 2.45) is 5.41 Å². The molecule has 1 aromatic carbocycles. The molecule has 3 rings (SSSR count). The molecule has 14 heteroatoms. The number of carbonyl (C=O) groups is 6. The second-order valence-electron chi connectivity index (χ2n) is 10.9. The second kappa shape index (κ2) is 14.6. The van der Waals surface area contributed by atoms with Gasteiger partial charge in [-0.05, 0) is 44.5 Å². The van der Waals surface area contributed by atoms with Crippen molar-refractivity contribution >= 4 is 47.3 Å². The van der Waals surface area contributed by atoms with E-state index in [-0.39, 0.29) is 49.8 Å². The van der Waals surface area contributed by atoms with Crippen LogP contribution in [0, 0.1) is 5.41 Å². The van der Waals surface area contributed by atoms with Gasteiger partial charge >= 0.3 is 11.9 Å². The molecule has 1 fully saturated rings. The summed E-state index contributed by atoms with van der Waals surface area (Å²) in [4.78, 5) is 72.2. The summed E-state index contributed by atoms with van der Waals surface area (Å²) < 4.78 is 16.5. The van der Waals surface area contributed by atoms with Crippen LogP contribution in [0.25, 0.3) is 6.08 Å². The van der Waals surface area contributed by atoms with Gasteiger partial charge in [-0.25, -0.2) is 4.79 Å². The van der Waals surface area contributed by atoms with E-state index in [0.29, 0.717) is 5.56 Å². The minimum absolute atomic E-state index is 0.00153. The molecule has 43 heavy (non-hydrogen) atoms. The highest BCUT2D eigenvalue weighted by Crippen LogP contribution is 2.31. The van der Waals surface area contributed by atoms with Gasteiger partial charge in [-0.1, -0.05) is 12.1 Å². The van der Waals surface area contributed by atoms with E-state index in [1.165, 1.54) is 6.07 Å². The number of aliphatic carboxylic acids is 1. The van der Waals surface area contributed by atoms with Crippen molar-refractivity contribution in [3.05, 3.63) is 42.0 Å². The number of imide groups is 1. The van der Waals surface area contributed by atoms with Crippen molar-refractivity contribution in [3.63, 3.8) is 0 Å². The van der Waals surface area contributed by atoms with Crippen LogP contribution in [0.1, 0.15) is 45.6 Å². The molecule has 2 aliphatic rings. The number of rotatable bonds is 12. The lowest BCUT2D eigenvalue weighted by Crippen LogP contribution is -2.42. The molecule has 0 aromatic heterocycles. The van der Waals surface area contributed by atoms with Crippen LogP contribution in [0.5, 0.6) is 5.75 Å². The third kappa shape index (κ3) is 10.0. The maximum Gasteiger partial charge on any atom is 0.333 e. The third-order valence-corrected chi connectivity index (χ3v) is 6.19. The highest BCUT2D eigenvalue weighted by molar-refractivity contribution is 6.14. The molecule has 14 nitrogen and oxygen atoms in total. The van der Waals surface area contributed by atoms with E-state index in [2.05, 4.69) is 10.6 Å². The van der Waals surface area contributed by atoms with Gasteiger partial charge in [0, 0.05) is 38.0 Å². The molecule has 0 bridgehead atoms. The van der Waals surface area contributed by atoms with E-state index in [0.717, 1.165) is 17.1 Å². The fraction of sp³-hybridized carbons (Fsp3) is 0.448. The van der Waals surface area contributed by atoms with Crippen LogP contribution in [0.2, 0.25) is 0 Å². The van der Waals surface area contributed by atoms with E-state index >= 15 is 0 Å². The minimum atomic E-state index is -1.27. The van der Waals surface area contributed by atoms with Gasteiger partial charge in [0.05, 0.1) is 17.2 Å². The molecule has 232 valence electrons. The molecule has 2 aliphatic heterocycles. The van der Waals surface area contributed by atoms with Gasteiger partial charge in [-0.3, -0.25) is 28.9 Å². The lowest BCUT2D eigenvalue weighted by atomic mass is 9.97. The number of aliphatic hydroxyl groups is 1. The van der Waals surface area contributed by atoms with Crippen molar-refractivity contribution in [1.82, 2.24) is 10.2 Å². The van der Waals surface area contributed by atoms with Crippen LogP contribution >= 0.6 is 0 Å². The number of carboxylic acids is 1. The first-order valence-electron chi connectivity index (χ1n) is 13.5. The summed E-state index contributed by atoms with van der Waals surface area (Å²) >= 11 is 0. The van der Waals surface area contributed by atoms with Crippen LogP contribution in [0.15, 0.2) is 36.4 Å². The van der Waals surface area contributed by atoms with E-state index in [1.807, 2.05) is 0 Å². The quantitative estimate of drug-likeness (QED) is 0.197. The molecule has 3 atom stereocenters. The van der Waals surface area contributed by atoms with Crippen LogP contribution in [-0.2, 0) is 38.2 Å². The standard InChI is InChI=1S/C29H35N3O11/c1-29(2,3)28(40)41-12-4-5-17-6-7-20(42-26-15-18(33)14-21(43-26)27(38)39)19(13-17)31-22(34)10-11-30-23(35)16-32-24(36)8-9-25(32)37/h4-9,13,18,21,26,33H,10-12,14-16H2,1-3H3,(H,30,35)(H,31,34)(H,38,39)/b5-4+. The summed E-state index contributed by atoms with van der Waals surface area (Å²) in [6.07, 6.45) is 1.79. The number of carboxylic acid groups (broad SMARTS) is 1. The first-order valence-corrected chi connectivity index (χ1v) is 13.5. The number of benzene rings is 1. The Kier molecular flexibility index (Phi) is 11.2. The molecule has 1 aromatic rings. The van der Waals surface area contributed by atoms with Crippen LogP contribution in [0.3, 0.4) is 0 Å². The van der Waals surface area contributed by atoms with Crippen LogP contribution in [-0.4, -0.2) is 88.9 Å². The molecule has 0 aliphatic carbocycles. The van der Waals surface area contributed by atoms with E-state index in [4.69, 9.17) is 14.2 Å². The van der Waals surface area contributed by atoms with Gasteiger partial charge in [-0.2, -0.15) is 0 Å². The molecule has 2 heterocycles. The zero-order valence-electron chi connectivity index (χ0n) is 24.0. The van der Waals surface area contributed by atoms with Gasteiger partial charge in [0.2, 0.25) is 18.1 Å². The SMILES string of the molecule is CC(C)(C)C(=O)OC/C=C/c1ccc(OC2CC(O)CC(C(=O)O)O2)c(NC(=O)CCNC(=O)CN2C(=O)C=CC2=O)c1. The number of nitrogens with one attached hydrogen (secondary N) is 2. The Labute approximate surface area is 247 Å². The summed E-state index contributed by atoms with van der Waals surface area (Å²) in [5.41, 5.74) is 0.141. The Morgan fingerprint density at radius 3 is 2.44 bits per heavy atom. The Balaban J connectivity index is 1.65. The number of aliphatic hydroxyl groups excluding tert-OH is 1. The normalized spacial score (nSPS) is 20.3. The van der Waals surface area contributed by atoms with Gasteiger partial charge in [0.25, 0.3) is 11.8 Å². The highest BCUT2D eigenvalue weighted by atomic mass is 16.7. The molecule has 0 spiro atoms. The predicted octanol–water partition coefficient (Wildman–Crippen LogP) is 0.988. The summed E-state index contributed by atoms with van der Waals surface area (Å²) in [6, 6.07) is 4.74. The number of carbonyl (C=O) groups excluding carboxylic acids is 5. The van der Waals surface area contributed by atoms with Crippen molar-refractivity contribution in [2.75, 3.05) is 25.0 Å². The second-order valence-corrected chi connectivity index (χ2v) is 10.9. The number of nitrogens with zero attached hydrogens (tertiary/aromatic N) is 1. The average Bonchev–Trinajstić information content (AvgIpc) is 3.23. The molecular formula is C29H35N3O11. The van der Waals surface area contributed by atoms with Crippen LogP contribution < -0.4 is 15.4 Å². The fourth-order valence-corrected chi connectivity index (χ4v) is 3.93. The molecular weight excluding hydrogens is 566 g/mol. The van der Waals surface area contributed by atoms with Crippen molar-refractivity contribution < 1.29 is 53.2 Å². The Morgan fingerprint density at radius 2 is 1.79 bits per heavy atom.